The molecule has 222 valence electrons. The van der Waals surface area contributed by atoms with E-state index in [0.29, 0.717) is 37.8 Å². The number of ether oxygens (including phenoxy) is 2. The third-order valence-corrected chi connectivity index (χ3v) is 8.11. The van der Waals surface area contributed by atoms with Gasteiger partial charge >= 0.3 is 18.1 Å². The van der Waals surface area contributed by atoms with E-state index in [9.17, 15) is 22.8 Å². The van der Waals surface area contributed by atoms with Crippen LogP contribution < -0.4 is 9.80 Å². The van der Waals surface area contributed by atoms with Crippen LogP contribution in [-0.2, 0) is 44.7 Å². The van der Waals surface area contributed by atoms with Crippen LogP contribution in [0.25, 0.3) is 10.2 Å². The Balaban J connectivity index is 1.35. The number of alkyl halides is 3. The maximum Gasteiger partial charge on any atom is 0.451 e. The highest BCUT2D eigenvalue weighted by Crippen LogP contribution is 2.37. The molecule has 0 aromatic carbocycles. The Morgan fingerprint density at radius 1 is 1.07 bits per heavy atom. The molecule has 1 saturated heterocycles. The molecule has 0 saturated carbocycles. The number of thiophene rings is 1. The average molecular weight is 596 g/mol. The van der Waals surface area contributed by atoms with Crippen molar-refractivity contribution in [2.45, 2.75) is 66.2 Å². The van der Waals surface area contributed by atoms with Crippen molar-refractivity contribution in [1.29, 1.82) is 0 Å². The monoisotopic (exact) mass is 595 g/mol. The molecule has 11 nitrogen and oxygen atoms in total. The van der Waals surface area contributed by atoms with Crippen molar-refractivity contribution in [2.24, 2.45) is 11.3 Å². The Morgan fingerprint density at radius 3 is 2.56 bits per heavy atom. The molecular formula is C26H32F3N7O4S. The van der Waals surface area contributed by atoms with E-state index in [2.05, 4.69) is 17.1 Å². The zero-order chi connectivity index (χ0) is 29.5. The standard InChI is InChI=1S/C26H32F3N7O4S/c1-5-6-16-11-17-19(34-9-10-36-18(13-34)32-33-22(36)26(27,28)29)30-24(31-20(17)41-16)35-8-7-15(12-35)21(37)39-14-40-23(38)25(2,3)4/h11,15H,5-10,12-14H2,1-4H3/t15-/m1/s1. The molecule has 15 heteroatoms. The number of carbonyl (C=O) groups excluding carboxylic acids is 2. The van der Waals surface area contributed by atoms with Crippen molar-refractivity contribution in [2.75, 3.05) is 36.2 Å². The zero-order valence-corrected chi connectivity index (χ0v) is 24.1. The van der Waals surface area contributed by atoms with E-state index < -0.39 is 42.1 Å². The zero-order valence-electron chi connectivity index (χ0n) is 23.3. The summed E-state index contributed by atoms with van der Waals surface area (Å²) in [6, 6.07) is 2.05. The van der Waals surface area contributed by atoms with Gasteiger partial charge in [-0.15, -0.1) is 21.5 Å². The number of rotatable bonds is 7. The number of anilines is 2. The summed E-state index contributed by atoms with van der Waals surface area (Å²) in [5.41, 5.74) is -0.701. The first-order chi connectivity index (χ1) is 19.3. The molecule has 5 heterocycles. The van der Waals surface area contributed by atoms with Crippen LogP contribution in [0.3, 0.4) is 0 Å². The predicted molar refractivity (Wildman–Crippen MR) is 144 cm³/mol. The largest absolute Gasteiger partial charge is 0.451 e. The van der Waals surface area contributed by atoms with Crippen molar-refractivity contribution in [1.82, 2.24) is 24.7 Å². The molecule has 0 aliphatic carbocycles. The molecule has 0 radical (unpaired) electrons. The van der Waals surface area contributed by atoms with Crippen LogP contribution in [0.1, 0.15) is 57.1 Å². The fraction of sp³-hybridized carbons (Fsp3) is 0.615. The highest BCUT2D eigenvalue weighted by molar-refractivity contribution is 7.18. The number of aromatic nitrogens is 5. The number of halogens is 3. The first kappa shape index (κ1) is 29.0. The van der Waals surface area contributed by atoms with Crippen molar-refractivity contribution >= 4 is 45.3 Å². The van der Waals surface area contributed by atoms with Crippen molar-refractivity contribution in [3.8, 4) is 0 Å². The van der Waals surface area contributed by atoms with Gasteiger partial charge in [0.05, 0.1) is 23.3 Å². The molecule has 41 heavy (non-hydrogen) atoms. The van der Waals surface area contributed by atoms with Crippen molar-refractivity contribution in [3.05, 3.63) is 22.6 Å². The van der Waals surface area contributed by atoms with E-state index in [1.54, 1.807) is 32.1 Å². The van der Waals surface area contributed by atoms with E-state index in [4.69, 9.17) is 19.4 Å². The second kappa shape index (κ2) is 11.1. The van der Waals surface area contributed by atoms with Gasteiger partial charge in [0.2, 0.25) is 18.6 Å². The van der Waals surface area contributed by atoms with Gasteiger partial charge in [0, 0.05) is 31.1 Å². The van der Waals surface area contributed by atoms with Crippen LogP contribution in [0.15, 0.2) is 6.07 Å². The lowest BCUT2D eigenvalue weighted by Gasteiger charge is -2.30. The minimum absolute atomic E-state index is 0.0708. The van der Waals surface area contributed by atoms with E-state index >= 15 is 0 Å². The van der Waals surface area contributed by atoms with Crippen LogP contribution in [0, 0.1) is 11.3 Å². The molecule has 5 rings (SSSR count). The molecule has 3 aromatic rings. The van der Waals surface area contributed by atoms with Gasteiger partial charge in [0.1, 0.15) is 10.6 Å². The molecule has 0 N–H and O–H groups in total. The lowest BCUT2D eigenvalue weighted by atomic mass is 9.98. The number of carbonyl (C=O) groups is 2. The Labute approximate surface area is 238 Å². The molecule has 2 aliphatic heterocycles. The summed E-state index contributed by atoms with van der Waals surface area (Å²) in [7, 11) is 0. The average Bonchev–Trinajstić information content (AvgIpc) is 3.64. The predicted octanol–water partition coefficient (Wildman–Crippen LogP) is 4.19. The van der Waals surface area contributed by atoms with Gasteiger partial charge < -0.3 is 23.8 Å². The number of nitrogens with zero attached hydrogens (tertiary/aromatic N) is 7. The summed E-state index contributed by atoms with van der Waals surface area (Å²) in [4.78, 5) is 40.0. The van der Waals surface area contributed by atoms with Crippen LogP contribution >= 0.6 is 11.3 Å². The molecule has 1 fully saturated rings. The normalized spacial score (nSPS) is 17.7. The Hall–Kier alpha value is -3.49. The third-order valence-electron chi connectivity index (χ3n) is 7.02. The van der Waals surface area contributed by atoms with Crippen LogP contribution in [0.4, 0.5) is 24.9 Å². The van der Waals surface area contributed by atoms with Gasteiger partial charge in [0.25, 0.3) is 0 Å². The lowest BCUT2D eigenvalue weighted by Crippen LogP contribution is -2.36. The Kier molecular flexibility index (Phi) is 7.83. The number of esters is 2. The molecular weight excluding hydrogens is 563 g/mol. The summed E-state index contributed by atoms with van der Waals surface area (Å²) >= 11 is 1.56. The maximum absolute atomic E-state index is 13.4. The fourth-order valence-electron chi connectivity index (χ4n) is 4.86. The summed E-state index contributed by atoms with van der Waals surface area (Å²) in [6.45, 7) is 8.11. The van der Waals surface area contributed by atoms with Crippen molar-refractivity contribution < 1.29 is 32.2 Å². The van der Waals surface area contributed by atoms with E-state index in [-0.39, 0.29) is 18.9 Å². The van der Waals surface area contributed by atoms with Gasteiger partial charge in [0.15, 0.2) is 5.82 Å². The van der Waals surface area contributed by atoms with Crippen molar-refractivity contribution in [3.63, 3.8) is 0 Å². The number of aryl methyl sites for hydroxylation is 1. The molecule has 1 atom stereocenters. The highest BCUT2D eigenvalue weighted by atomic mass is 32.1. The molecule has 0 unspecified atom stereocenters. The first-order valence-electron chi connectivity index (χ1n) is 13.5. The molecule has 2 aliphatic rings. The molecule has 3 aromatic heterocycles. The van der Waals surface area contributed by atoms with Gasteiger partial charge in [-0.25, -0.2) is 4.98 Å². The van der Waals surface area contributed by atoms with E-state index in [0.717, 1.165) is 32.5 Å². The quantitative estimate of drug-likeness (QED) is 0.291. The topological polar surface area (TPSA) is 116 Å². The lowest BCUT2D eigenvalue weighted by molar-refractivity contribution is -0.175. The first-order valence-corrected chi connectivity index (χ1v) is 14.3. The number of hydrogen-bond donors (Lipinski definition) is 0. The third kappa shape index (κ3) is 6.09. The summed E-state index contributed by atoms with van der Waals surface area (Å²) < 4.78 is 51.4. The minimum Gasteiger partial charge on any atom is -0.428 e. The molecule has 0 bridgehead atoms. The summed E-state index contributed by atoms with van der Waals surface area (Å²) in [6.07, 6.45) is -2.23. The van der Waals surface area contributed by atoms with Gasteiger partial charge in [-0.05, 0) is 39.7 Å². The fourth-order valence-corrected chi connectivity index (χ4v) is 5.97. The Morgan fingerprint density at radius 2 is 1.85 bits per heavy atom. The van der Waals surface area contributed by atoms with Crippen LogP contribution in [0.5, 0.6) is 0 Å². The van der Waals surface area contributed by atoms with Gasteiger partial charge in [-0.2, -0.15) is 18.2 Å². The highest BCUT2D eigenvalue weighted by Gasteiger charge is 2.40. The maximum atomic E-state index is 13.4. The van der Waals surface area contributed by atoms with E-state index in [1.807, 2.05) is 15.9 Å². The minimum atomic E-state index is -4.58. The van der Waals surface area contributed by atoms with Crippen LogP contribution in [0.2, 0.25) is 0 Å². The molecule has 0 spiro atoms. The van der Waals surface area contributed by atoms with Gasteiger partial charge in [-0.1, -0.05) is 13.3 Å². The summed E-state index contributed by atoms with van der Waals surface area (Å²) in [5, 5.41) is 8.03. The van der Waals surface area contributed by atoms with Crippen LogP contribution in [-0.4, -0.2) is 63.1 Å². The Bertz CT molecular complexity index is 1450. The van der Waals surface area contributed by atoms with Gasteiger partial charge in [-0.3, -0.25) is 9.59 Å². The number of hydrogen-bond acceptors (Lipinski definition) is 11. The van der Waals surface area contributed by atoms with E-state index in [1.165, 1.54) is 0 Å². The second-order valence-corrected chi connectivity index (χ2v) is 12.3. The second-order valence-electron chi connectivity index (χ2n) is 11.2. The SMILES string of the molecule is CCCc1cc2c(N3CCn4c(nnc4C(F)(F)F)C3)nc(N3CC[C@@H](C(=O)OCOC(=O)C(C)(C)C)C3)nc2s1. The summed E-state index contributed by atoms with van der Waals surface area (Å²) in [5.74, 6) is -1.09. The smallest absolute Gasteiger partial charge is 0.428 e. The number of fused-ring (bicyclic) bond motifs is 2. The molecule has 0 amide bonds.